The molecule has 0 unspecified atom stereocenters. The molecule has 0 atom stereocenters. The Morgan fingerprint density at radius 2 is 2.07 bits per heavy atom. The van der Waals surface area contributed by atoms with E-state index < -0.39 is 0 Å². The molecule has 1 heterocycles. The van der Waals surface area contributed by atoms with Crippen LogP contribution in [0.3, 0.4) is 0 Å². The summed E-state index contributed by atoms with van der Waals surface area (Å²) in [4.78, 5) is 13.4. The van der Waals surface area contributed by atoms with E-state index >= 15 is 0 Å². The van der Waals surface area contributed by atoms with Crippen LogP contribution >= 0.6 is 0 Å². The maximum atomic E-state index is 11.4. The van der Waals surface area contributed by atoms with Crippen molar-refractivity contribution in [2.45, 2.75) is 39.0 Å². The molecule has 0 saturated carbocycles. The molecule has 0 aromatic heterocycles. The van der Waals surface area contributed by atoms with Gasteiger partial charge < -0.3 is 9.64 Å². The normalized spacial score (nSPS) is 18.1. The molecule has 1 aliphatic rings. The summed E-state index contributed by atoms with van der Waals surface area (Å²) in [6.07, 6.45) is 5.41. The minimum absolute atomic E-state index is 0.311. The monoisotopic (exact) mass is 213 g/mol. The number of amides is 1. The molecule has 3 nitrogen and oxygen atoms in total. The van der Waals surface area contributed by atoms with E-state index in [1.807, 2.05) is 11.8 Å². The van der Waals surface area contributed by atoms with Gasteiger partial charge >= 0.3 is 0 Å². The van der Waals surface area contributed by atoms with Gasteiger partial charge in [-0.2, -0.15) is 0 Å². The lowest BCUT2D eigenvalue weighted by Gasteiger charge is -2.31. The van der Waals surface area contributed by atoms with Crippen molar-refractivity contribution in [3.63, 3.8) is 0 Å². The molecule has 3 heteroatoms. The molecule has 0 aromatic carbocycles. The largest absolute Gasteiger partial charge is 0.385 e. The number of rotatable bonds is 5. The Labute approximate surface area is 92.8 Å². The van der Waals surface area contributed by atoms with Crippen molar-refractivity contribution in [2.75, 3.05) is 26.8 Å². The van der Waals surface area contributed by atoms with Crippen LogP contribution < -0.4 is 0 Å². The first-order valence-corrected chi connectivity index (χ1v) is 6.04. The van der Waals surface area contributed by atoms with E-state index in [4.69, 9.17) is 4.74 Å². The Hall–Kier alpha value is -0.570. The highest BCUT2D eigenvalue weighted by Gasteiger charge is 2.21. The molecule has 1 saturated heterocycles. The van der Waals surface area contributed by atoms with Gasteiger partial charge in [0, 0.05) is 33.2 Å². The Morgan fingerprint density at radius 1 is 1.40 bits per heavy atom. The lowest BCUT2D eigenvalue weighted by molar-refractivity contribution is -0.132. The Balaban J connectivity index is 2.15. The molecule has 0 aliphatic carbocycles. The van der Waals surface area contributed by atoms with Crippen molar-refractivity contribution in [1.29, 1.82) is 0 Å². The van der Waals surface area contributed by atoms with Crippen LogP contribution in [0.4, 0.5) is 0 Å². The minimum atomic E-state index is 0.311. The van der Waals surface area contributed by atoms with E-state index in [1.54, 1.807) is 7.11 Å². The van der Waals surface area contributed by atoms with Gasteiger partial charge in [-0.05, 0) is 31.6 Å². The molecular formula is C12H23NO2. The SMILES string of the molecule is CCC(=O)N1CCC(CCCOC)CC1. The van der Waals surface area contributed by atoms with E-state index in [0.717, 1.165) is 32.0 Å². The fourth-order valence-electron chi connectivity index (χ4n) is 2.21. The summed E-state index contributed by atoms with van der Waals surface area (Å²) in [6, 6.07) is 0. The van der Waals surface area contributed by atoms with Crippen molar-refractivity contribution in [1.82, 2.24) is 4.90 Å². The standard InChI is InChI=1S/C12H23NO2/c1-3-12(14)13-8-6-11(7-9-13)5-4-10-15-2/h11H,3-10H2,1-2H3. The second kappa shape index (κ2) is 6.83. The number of hydrogen-bond acceptors (Lipinski definition) is 2. The third kappa shape index (κ3) is 4.20. The Kier molecular flexibility index (Phi) is 5.69. The number of nitrogens with zero attached hydrogens (tertiary/aromatic N) is 1. The van der Waals surface area contributed by atoms with Crippen molar-refractivity contribution >= 4 is 5.91 Å². The van der Waals surface area contributed by atoms with Crippen molar-refractivity contribution in [3.8, 4) is 0 Å². The predicted octanol–water partition coefficient (Wildman–Crippen LogP) is 2.06. The molecular weight excluding hydrogens is 190 g/mol. The zero-order valence-electron chi connectivity index (χ0n) is 10.00. The molecule has 1 amide bonds. The van der Waals surface area contributed by atoms with Crippen LogP contribution in [0, 0.1) is 5.92 Å². The number of likely N-dealkylation sites (tertiary alicyclic amines) is 1. The van der Waals surface area contributed by atoms with Gasteiger partial charge in [0.05, 0.1) is 0 Å². The van der Waals surface area contributed by atoms with Gasteiger partial charge in [-0.3, -0.25) is 4.79 Å². The predicted molar refractivity (Wildman–Crippen MR) is 60.7 cm³/mol. The number of methoxy groups -OCH3 is 1. The Morgan fingerprint density at radius 3 is 2.60 bits per heavy atom. The van der Waals surface area contributed by atoms with Crippen LogP contribution in [0.25, 0.3) is 0 Å². The van der Waals surface area contributed by atoms with Gasteiger partial charge in [0.2, 0.25) is 5.91 Å². The first kappa shape index (κ1) is 12.5. The van der Waals surface area contributed by atoms with Crippen LogP contribution in [0.15, 0.2) is 0 Å². The number of hydrogen-bond donors (Lipinski definition) is 0. The third-order valence-corrected chi connectivity index (χ3v) is 3.23. The summed E-state index contributed by atoms with van der Waals surface area (Å²) in [5.74, 6) is 1.12. The fourth-order valence-corrected chi connectivity index (χ4v) is 2.21. The maximum absolute atomic E-state index is 11.4. The van der Waals surface area contributed by atoms with E-state index in [0.29, 0.717) is 12.3 Å². The second-order valence-electron chi connectivity index (χ2n) is 4.31. The Bertz CT molecular complexity index is 186. The molecule has 15 heavy (non-hydrogen) atoms. The van der Waals surface area contributed by atoms with Gasteiger partial charge in [-0.15, -0.1) is 0 Å². The summed E-state index contributed by atoms with van der Waals surface area (Å²) < 4.78 is 5.05. The van der Waals surface area contributed by atoms with Crippen LogP contribution in [0.1, 0.15) is 39.0 Å². The topological polar surface area (TPSA) is 29.5 Å². The smallest absolute Gasteiger partial charge is 0.222 e. The molecule has 0 spiro atoms. The maximum Gasteiger partial charge on any atom is 0.222 e. The molecule has 1 fully saturated rings. The van der Waals surface area contributed by atoms with Crippen molar-refractivity contribution in [3.05, 3.63) is 0 Å². The summed E-state index contributed by atoms with van der Waals surface area (Å²) in [5, 5.41) is 0. The first-order chi connectivity index (χ1) is 7.27. The number of ether oxygens (including phenoxy) is 1. The number of carbonyl (C=O) groups excluding carboxylic acids is 1. The van der Waals surface area contributed by atoms with E-state index in [1.165, 1.54) is 19.3 Å². The molecule has 88 valence electrons. The first-order valence-electron chi connectivity index (χ1n) is 6.04. The van der Waals surface area contributed by atoms with Crippen LogP contribution in [-0.2, 0) is 9.53 Å². The van der Waals surface area contributed by atoms with Gasteiger partial charge in [0.15, 0.2) is 0 Å². The van der Waals surface area contributed by atoms with Crippen LogP contribution in [0.5, 0.6) is 0 Å². The zero-order valence-corrected chi connectivity index (χ0v) is 10.00. The molecule has 0 N–H and O–H groups in total. The second-order valence-corrected chi connectivity index (χ2v) is 4.31. The lowest BCUT2D eigenvalue weighted by Crippen LogP contribution is -2.38. The van der Waals surface area contributed by atoms with Gasteiger partial charge in [0.1, 0.15) is 0 Å². The average molecular weight is 213 g/mol. The van der Waals surface area contributed by atoms with Crippen LogP contribution in [-0.4, -0.2) is 37.6 Å². The molecule has 1 rings (SSSR count). The molecule has 0 bridgehead atoms. The quantitative estimate of drug-likeness (QED) is 0.654. The van der Waals surface area contributed by atoms with Gasteiger partial charge in [-0.1, -0.05) is 6.92 Å². The lowest BCUT2D eigenvalue weighted by atomic mass is 9.92. The van der Waals surface area contributed by atoms with E-state index in [2.05, 4.69) is 0 Å². The minimum Gasteiger partial charge on any atom is -0.385 e. The van der Waals surface area contributed by atoms with Crippen molar-refractivity contribution in [2.24, 2.45) is 5.92 Å². The fraction of sp³-hybridized carbons (Fsp3) is 0.917. The summed E-state index contributed by atoms with van der Waals surface area (Å²) in [6.45, 7) is 4.73. The highest BCUT2D eigenvalue weighted by Crippen LogP contribution is 2.22. The van der Waals surface area contributed by atoms with E-state index in [-0.39, 0.29) is 0 Å². The highest BCUT2D eigenvalue weighted by molar-refractivity contribution is 5.75. The molecule has 0 aromatic rings. The summed E-state index contributed by atoms with van der Waals surface area (Å²) in [7, 11) is 1.75. The van der Waals surface area contributed by atoms with Gasteiger partial charge in [0.25, 0.3) is 0 Å². The van der Waals surface area contributed by atoms with E-state index in [9.17, 15) is 4.79 Å². The summed E-state index contributed by atoms with van der Waals surface area (Å²) >= 11 is 0. The number of carbonyl (C=O) groups is 1. The van der Waals surface area contributed by atoms with Crippen LogP contribution in [0.2, 0.25) is 0 Å². The highest BCUT2D eigenvalue weighted by atomic mass is 16.5. The molecule has 1 aliphatic heterocycles. The third-order valence-electron chi connectivity index (χ3n) is 3.23. The van der Waals surface area contributed by atoms with Gasteiger partial charge in [-0.25, -0.2) is 0 Å². The average Bonchev–Trinajstić information content (AvgIpc) is 2.29. The summed E-state index contributed by atoms with van der Waals surface area (Å²) in [5.41, 5.74) is 0. The van der Waals surface area contributed by atoms with Crippen molar-refractivity contribution < 1.29 is 9.53 Å². The zero-order chi connectivity index (χ0) is 11.1. The number of piperidine rings is 1. The molecule has 0 radical (unpaired) electrons.